The number of hydrogen-bond acceptors (Lipinski definition) is 1. The lowest BCUT2D eigenvalue weighted by atomic mass is 9.92. The fraction of sp³-hybridized carbons (Fsp3) is 0.500. The number of anilines is 1. The zero-order valence-electron chi connectivity index (χ0n) is 12.3. The Kier molecular flexibility index (Phi) is 3.64. The lowest BCUT2D eigenvalue weighted by Gasteiger charge is -2.20. The number of hydrogen-bond donors (Lipinski definition) is 1. The fourth-order valence-corrected chi connectivity index (χ4v) is 3.57. The maximum absolute atomic E-state index is 12.5. The van der Waals surface area contributed by atoms with E-state index in [1.54, 1.807) is 0 Å². The van der Waals surface area contributed by atoms with Crippen LogP contribution in [0.3, 0.4) is 0 Å². The number of carbonyl (C=O) groups is 1. The van der Waals surface area contributed by atoms with Crippen LogP contribution in [0.1, 0.15) is 44.6 Å². The number of carbonyl (C=O) groups excluding carboxylic acids is 1. The molecule has 1 saturated carbocycles. The Morgan fingerprint density at radius 3 is 2.75 bits per heavy atom. The third-order valence-electron chi connectivity index (χ3n) is 4.98. The van der Waals surface area contributed by atoms with Crippen molar-refractivity contribution in [3.05, 3.63) is 42.0 Å². The minimum atomic E-state index is 0.176. The van der Waals surface area contributed by atoms with Crippen molar-refractivity contribution in [2.45, 2.75) is 39.0 Å². The fourth-order valence-electron chi connectivity index (χ4n) is 3.57. The van der Waals surface area contributed by atoms with Gasteiger partial charge >= 0.3 is 0 Å². The Hall–Kier alpha value is -1.57. The van der Waals surface area contributed by atoms with Gasteiger partial charge in [0.1, 0.15) is 0 Å². The Bertz CT molecular complexity index is 534. The highest BCUT2D eigenvalue weighted by molar-refractivity contribution is 5.94. The van der Waals surface area contributed by atoms with Crippen molar-refractivity contribution >= 4 is 11.6 Å². The third kappa shape index (κ3) is 2.39. The van der Waals surface area contributed by atoms with Crippen LogP contribution < -0.4 is 5.32 Å². The monoisotopic (exact) mass is 269 g/mol. The highest BCUT2D eigenvalue weighted by Crippen LogP contribution is 2.44. The number of allylic oxidation sites excluding steroid dienone is 2. The van der Waals surface area contributed by atoms with Gasteiger partial charge in [-0.05, 0) is 48.6 Å². The molecule has 0 heterocycles. The summed E-state index contributed by atoms with van der Waals surface area (Å²) in [4.78, 5) is 12.5. The molecular weight excluding hydrogens is 246 g/mol. The van der Waals surface area contributed by atoms with Crippen molar-refractivity contribution < 1.29 is 4.79 Å². The van der Waals surface area contributed by atoms with Crippen molar-refractivity contribution in [1.82, 2.24) is 0 Å². The maximum Gasteiger partial charge on any atom is 0.228 e. The van der Waals surface area contributed by atoms with Crippen molar-refractivity contribution in [1.29, 1.82) is 0 Å². The smallest absolute Gasteiger partial charge is 0.228 e. The minimum Gasteiger partial charge on any atom is -0.326 e. The first-order valence-electron chi connectivity index (χ1n) is 7.77. The summed E-state index contributed by atoms with van der Waals surface area (Å²) in [6.45, 7) is 4.40. The van der Waals surface area contributed by atoms with Crippen LogP contribution in [0.4, 0.5) is 5.69 Å². The van der Waals surface area contributed by atoms with Gasteiger partial charge in [0.25, 0.3) is 0 Å². The molecule has 2 bridgehead atoms. The maximum atomic E-state index is 12.5. The van der Waals surface area contributed by atoms with E-state index in [4.69, 9.17) is 0 Å². The number of nitrogens with one attached hydrogen (secondary N) is 1. The van der Waals surface area contributed by atoms with Crippen LogP contribution >= 0.6 is 0 Å². The van der Waals surface area contributed by atoms with Gasteiger partial charge < -0.3 is 5.32 Å². The van der Waals surface area contributed by atoms with E-state index in [1.165, 1.54) is 12.0 Å². The van der Waals surface area contributed by atoms with E-state index in [-0.39, 0.29) is 11.8 Å². The van der Waals surface area contributed by atoms with Crippen LogP contribution in [0.25, 0.3) is 0 Å². The molecule has 0 aliphatic heterocycles. The predicted octanol–water partition coefficient (Wildman–Crippen LogP) is 4.35. The van der Waals surface area contributed by atoms with Gasteiger partial charge in [0.15, 0.2) is 0 Å². The normalized spacial score (nSPS) is 28.6. The van der Waals surface area contributed by atoms with E-state index in [2.05, 4.69) is 43.4 Å². The van der Waals surface area contributed by atoms with Gasteiger partial charge in [0, 0.05) is 11.6 Å². The molecule has 1 aromatic rings. The zero-order valence-corrected chi connectivity index (χ0v) is 12.3. The van der Waals surface area contributed by atoms with Crippen LogP contribution in [0.15, 0.2) is 36.4 Å². The molecule has 1 N–H and O–H groups in total. The molecule has 0 radical (unpaired) electrons. The van der Waals surface area contributed by atoms with Crippen LogP contribution in [0, 0.1) is 17.8 Å². The molecule has 20 heavy (non-hydrogen) atoms. The molecule has 2 nitrogen and oxygen atoms in total. The average Bonchev–Trinajstić information content (AvgIpc) is 3.09. The van der Waals surface area contributed by atoms with Gasteiger partial charge in [0.2, 0.25) is 5.91 Å². The highest BCUT2D eigenvalue weighted by atomic mass is 16.1. The number of para-hydroxylation sites is 1. The molecule has 106 valence electrons. The average molecular weight is 269 g/mol. The third-order valence-corrected chi connectivity index (χ3v) is 4.98. The van der Waals surface area contributed by atoms with E-state index in [1.807, 2.05) is 12.1 Å². The summed E-state index contributed by atoms with van der Waals surface area (Å²) in [5.41, 5.74) is 2.25. The molecular formula is C18H23NO. The van der Waals surface area contributed by atoms with Gasteiger partial charge in [0.05, 0.1) is 0 Å². The van der Waals surface area contributed by atoms with Gasteiger partial charge in [-0.3, -0.25) is 4.79 Å². The van der Waals surface area contributed by atoms with Gasteiger partial charge in [-0.2, -0.15) is 0 Å². The molecule has 2 aliphatic rings. The van der Waals surface area contributed by atoms with Crippen molar-refractivity contribution in [2.75, 3.05) is 5.32 Å². The lowest BCUT2D eigenvalue weighted by molar-refractivity contribution is -0.120. The second-order valence-corrected chi connectivity index (χ2v) is 6.27. The van der Waals surface area contributed by atoms with Gasteiger partial charge in [-0.15, -0.1) is 0 Å². The van der Waals surface area contributed by atoms with E-state index in [9.17, 15) is 4.79 Å². The summed E-state index contributed by atoms with van der Waals surface area (Å²) in [7, 11) is 0. The topological polar surface area (TPSA) is 29.1 Å². The molecule has 3 rings (SSSR count). The Morgan fingerprint density at radius 1 is 1.30 bits per heavy atom. The first-order valence-corrected chi connectivity index (χ1v) is 7.77. The Morgan fingerprint density at radius 2 is 2.10 bits per heavy atom. The molecule has 2 aliphatic carbocycles. The molecule has 2 heteroatoms. The van der Waals surface area contributed by atoms with E-state index < -0.39 is 0 Å². The highest BCUT2D eigenvalue weighted by Gasteiger charge is 2.39. The Balaban J connectivity index is 1.75. The summed E-state index contributed by atoms with van der Waals surface area (Å²) in [6.07, 6.45) is 7.80. The SMILES string of the molecule is CCC(C)c1ccccc1NC(=O)C1CC2C=CC1C2. The molecule has 1 amide bonds. The number of benzene rings is 1. The molecule has 0 spiro atoms. The summed E-state index contributed by atoms with van der Waals surface area (Å²) in [5.74, 6) is 1.97. The van der Waals surface area contributed by atoms with Crippen LogP contribution in [0.5, 0.6) is 0 Å². The standard InChI is InChI=1S/C18H23NO/c1-3-12(2)15-6-4-5-7-17(15)19-18(20)16-11-13-8-9-14(16)10-13/h4-9,12-14,16H,3,10-11H2,1-2H3,(H,19,20). The predicted molar refractivity (Wildman–Crippen MR) is 82.6 cm³/mol. The number of amides is 1. The number of fused-ring (bicyclic) bond motifs is 2. The quantitative estimate of drug-likeness (QED) is 0.809. The van der Waals surface area contributed by atoms with E-state index >= 15 is 0 Å². The van der Waals surface area contributed by atoms with Crippen LogP contribution in [-0.4, -0.2) is 5.91 Å². The second-order valence-electron chi connectivity index (χ2n) is 6.27. The van der Waals surface area contributed by atoms with Crippen molar-refractivity contribution in [2.24, 2.45) is 17.8 Å². The molecule has 4 unspecified atom stereocenters. The molecule has 1 aromatic carbocycles. The number of rotatable bonds is 4. The zero-order chi connectivity index (χ0) is 14.1. The van der Waals surface area contributed by atoms with Crippen LogP contribution in [-0.2, 0) is 4.79 Å². The molecule has 0 saturated heterocycles. The van der Waals surface area contributed by atoms with Crippen molar-refractivity contribution in [3.63, 3.8) is 0 Å². The largest absolute Gasteiger partial charge is 0.326 e. The first-order chi connectivity index (χ1) is 9.69. The van der Waals surface area contributed by atoms with Crippen molar-refractivity contribution in [3.8, 4) is 0 Å². The molecule has 0 aromatic heterocycles. The van der Waals surface area contributed by atoms with Gasteiger partial charge in [-0.25, -0.2) is 0 Å². The van der Waals surface area contributed by atoms with Gasteiger partial charge in [-0.1, -0.05) is 44.2 Å². The Labute approximate surface area is 121 Å². The molecule has 1 fully saturated rings. The van der Waals surface area contributed by atoms with E-state index in [0.717, 1.165) is 18.5 Å². The lowest BCUT2D eigenvalue weighted by Crippen LogP contribution is -2.26. The summed E-state index contributed by atoms with van der Waals surface area (Å²) in [5, 5.41) is 3.18. The summed E-state index contributed by atoms with van der Waals surface area (Å²) >= 11 is 0. The van der Waals surface area contributed by atoms with E-state index in [0.29, 0.717) is 17.8 Å². The summed E-state index contributed by atoms with van der Waals surface area (Å²) in [6, 6.07) is 8.21. The summed E-state index contributed by atoms with van der Waals surface area (Å²) < 4.78 is 0. The first kappa shape index (κ1) is 13.4. The molecule has 4 atom stereocenters. The second kappa shape index (κ2) is 5.43. The van der Waals surface area contributed by atoms with Crippen LogP contribution in [0.2, 0.25) is 0 Å². The minimum absolute atomic E-state index is 0.176.